The summed E-state index contributed by atoms with van der Waals surface area (Å²) in [5.74, 6) is -0.526. The van der Waals surface area contributed by atoms with E-state index in [1.54, 1.807) is 54.6 Å². The third kappa shape index (κ3) is 3.34. The lowest BCUT2D eigenvalue weighted by molar-refractivity contribution is 0.0404. The molecule has 2 aromatic carbocycles. The van der Waals surface area contributed by atoms with E-state index in [1.165, 1.54) is 0 Å². The molecule has 0 saturated carbocycles. The van der Waals surface area contributed by atoms with Crippen LogP contribution < -0.4 is 0 Å². The molecule has 0 radical (unpaired) electrons. The van der Waals surface area contributed by atoms with Crippen molar-refractivity contribution in [2.75, 3.05) is 0 Å². The lowest BCUT2D eigenvalue weighted by Gasteiger charge is -2.11. The molecule has 2 aromatic rings. The number of hydrogen-bond donors (Lipinski definition) is 0. The fourth-order valence-corrected chi connectivity index (χ4v) is 1.68. The van der Waals surface area contributed by atoms with Gasteiger partial charge in [-0.1, -0.05) is 41.9 Å². The predicted molar refractivity (Wildman–Crippen MR) is 71.7 cm³/mol. The van der Waals surface area contributed by atoms with Crippen LogP contribution in [0.5, 0.6) is 0 Å². The van der Waals surface area contributed by atoms with Crippen LogP contribution in [-0.2, 0) is 4.74 Å². The molecule has 0 aliphatic heterocycles. The van der Waals surface area contributed by atoms with Gasteiger partial charge in [0.1, 0.15) is 6.07 Å². The monoisotopic (exact) mass is 271 g/mol. The van der Waals surface area contributed by atoms with E-state index in [4.69, 9.17) is 21.6 Å². The summed E-state index contributed by atoms with van der Waals surface area (Å²) in [5.41, 5.74) is 1.01. The zero-order valence-electron chi connectivity index (χ0n) is 9.92. The maximum Gasteiger partial charge on any atom is 0.339 e. The third-order valence-corrected chi connectivity index (χ3v) is 2.78. The molecule has 0 aliphatic carbocycles. The summed E-state index contributed by atoms with van der Waals surface area (Å²) in [6, 6.07) is 17.1. The molecular weight excluding hydrogens is 262 g/mol. The second kappa shape index (κ2) is 6.03. The Bertz CT molecular complexity index is 602. The lowest BCUT2D eigenvalue weighted by Crippen LogP contribution is -2.10. The van der Waals surface area contributed by atoms with Crippen LogP contribution in [0.25, 0.3) is 0 Å². The highest BCUT2D eigenvalue weighted by Gasteiger charge is 2.17. The van der Waals surface area contributed by atoms with E-state index in [0.717, 1.165) is 0 Å². The van der Waals surface area contributed by atoms with E-state index in [9.17, 15) is 4.79 Å². The summed E-state index contributed by atoms with van der Waals surface area (Å²) >= 11 is 5.77. The molecule has 1 atom stereocenters. The standard InChI is InChI=1S/C15H10ClNO2/c16-13-8-6-11(7-9-13)14(10-17)19-15(18)12-4-2-1-3-5-12/h1-9,14H/t14-/m0/s1. The molecule has 0 amide bonds. The fraction of sp³-hybridized carbons (Fsp3) is 0.0667. The smallest absolute Gasteiger partial charge is 0.339 e. The summed E-state index contributed by atoms with van der Waals surface area (Å²) in [4.78, 5) is 11.9. The van der Waals surface area contributed by atoms with Crippen molar-refractivity contribution in [3.05, 3.63) is 70.7 Å². The van der Waals surface area contributed by atoms with Crippen molar-refractivity contribution in [2.45, 2.75) is 6.10 Å². The first-order chi connectivity index (χ1) is 9.20. The van der Waals surface area contributed by atoms with Gasteiger partial charge in [0.05, 0.1) is 5.56 Å². The number of halogens is 1. The van der Waals surface area contributed by atoms with Crippen molar-refractivity contribution in [3.63, 3.8) is 0 Å². The number of ether oxygens (including phenoxy) is 1. The van der Waals surface area contributed by atoms with E-state index in [-0.39, 0.29) is 0 Å². The molecule has 0 unspecified atom stereocenters. The first-order valence-corrected chi connectivity index (χ1v) is 5.99. The van der Waals surface area contributed by atoms with Crippen LogP contribution in [-0.4, -0.2) is 5.97 Å². The summed E-state index contributed by atoms with van der Waals surface area (Å²) in [6.45, 7) is 0. The summed E-state index contributed by atoms with van der Waals surface area (Å²) in [7, 11) is 0. The largest absolute Gasteiger partial charge is 0.438 e. The normalized spacial score (nSPS) is 11.4. The maximum absolute atomic E-state index is 11.9. The van der Waals surface area contributed by atoms with Crippen molar-refractivity contribution in [2.24, 2.45) is 0 Å². The Morgan fingerprint density at radius 3 is 2.32 bits per heavy atom. The van der Waals surface area contributed by atoms with Gasteiger partial charge >= 0.3 is 5.97 Å². The zero-order chi connectivity index (χ0) is 13.7. The van der Waals surface area contributed by atoms with E-state index in [0.29, 0.717) is 16.1 Å². The number of nitriles is 1. The van der Waals surface area contributed by atoms with Crippen LogP contribution in [0.1, 0.15) is 22.0 Å². The maximum atomic E-state index is 11.9. The van der Waals surface area contributed by atoms with Crippen molar-refractivity contribution in [1.29, 1.82) is 5.26 Å². The minimum atomic E-state index is -0.940. The van der Waals surface area contributed by atoms with Gasteiger partial charge in [-0.2, -0.15) is 5.26 Å². The summed E-state index contributed by atoms with van der Waals surface area (Å²) in [5, 5.41) is 9.65. The van der Waals surface area contributed by atoms with E-state index < -0.39 is 12.1 Å². The first-order valence-electron chi connectivity index (χ1n) is 5.62. The minimum Gasteiger partial charge on any atom is -0.438 e. The number of nitrogens with zero attached hydrogens (tertiary/aromatic N) is 1. The van der Waals surface area contributed by atoms with Gasteiger partial charge < -0.3 is 4.74 Å². The second-order valence-corrected chi connectivity index (χ2v) is 4.27. The van der Waals surface area contributed by atoms with Crippen LogP contribution in [0.15, 0.2) is 54.6 Å². The van der Waals surface area contributed by atoms with Gasteiger partial charge in [-0.25, -0.2) is 4.79 Å². The molecular formula is C15H10ClNO2. The Labute approximate surface area is 116 Å². The van der Waals surface area contributed by atoms with Gasteiger partial charge in [0.25, 0.3) is 0 Å². The van der Waals surface area contributed by atoms with Crippen molar-refractivity contribution in [3.8, 4) is 6.07 Å². The fourth-order valence-electron chi connectivity index (χ4n) is 1.56. The minimum absolute atomic E-state index is 0.414. The Morgan fingerprint density at radius 2 is 1.74 bits per heavy atom. The van der Waals surface area contributed by atoms with E-state index in [2.05, 4.69) is 0 Å². The molecule has 0 fully saturated rings. The van der Waals surface area contributed by atoms with Crippen molar-refractivity contribution < 1.29 is 9.53 Å². The number of hydrogen-bond acceptors (Lipinski definition) is 3. The number of carbonyl (C=O) groups is 1. The highest BCUT2D eigenvalue weighted by Crippen LogP contribution is 2.20. The number of benzene rings is 2. The molecule has 2 rings (SSSR count). The number of esters is 1. The molecule has 0 saturated heterocycles. The first kappa shape index (κ1) is 13.1. The van der Waals surface area contributed by atoms with Crippen molar-refractivity contribution in [1.82, 2.24) is 0 Å². The van der Waals surface area contributed by atoms with E-state index in [1.807, 2.05) is 6.07 Å². The summed E-state index contributed by atoms with van der Waals surface area (Å²) in [6.07, 6.45) is -0.940. The van der Waals surface area contributed by atoms with Gasteiger partial charge in [-0.3, -0.25) is 0 Å². The van der Waals surface area contributed by atoms with Gasteiger partial charge in [-0.15, -0.1) is 0 Å². The average molecular weight is 272 g/mol. The number of carbonyl (C=O) groups excluding carboxylic acids is 1. The second-order valence-electron chi connectivity index (χ2n) is 3.83. The van der Waals surface area contributed by atoms with Gasteiger partial charge in [0, 0.05) is 10.6 Å². The molecule has 4 heteroatoms. The molecule has 0 N–H and O–H groups in total. The predicted octanol–water partition coefficient (Wildman–Crippen LogP) is 3.76. The van der Waals surface area contributed by atoms with Crippen LogP contribution in [0.4, 0.5) is 0 Å². The van der Waals surface area contributed by atoms with Gasteiger partial charge in [0.2, 0.25) is 6.10 Å². The van der Waals surface area contributed by atoms with Crippen LogP contribution in [0.2, 0.25) is 5.02 Å². The Hall–Kier alpha value is -2.31. The Kier molecular flexibility index (Phi) is 4.17. The quantitative estimate of drug-likeness (QED) is 0.799. The Balaban J connectivity index is 2.14. The Morgan fingerprint density at radius 1 is 1.11 bits per heavy atom. The number of rotatable bonds is 3. The molecule has 3 nitrogen and oxygen atoms in total. The lowest BCUT2D eigenvalue weighted by atomic mass is 10.1. The molecule has 0 aromatic heterocycles. The molecule has 0 heterocycles. The molecule has 19 heavy (non-hydrogen) atoms. The third-order valence-electron chi connectivity index (χ3n) is 2.52. The molecule has 94 valence electrons. The van der Waals surface area contributed by atoms with Crippen LogP contribution >= 0.6 is 11.6 Å². The average Bonchev–Trinajstić information content (AvgIpc) is 2.46. The van der Waals surface area contributed by atoms with Gasteiger partial charge in [-0.05, 0) is 24.3 Å². The highest BCUT2D eigenvalue weighted by atomic mass is 35.5. The van der Waals surface area contributed by atoms with Crippen molar-refractivity contribution >= 4 is 17.6 Å². The molecule has 0 spiro atoms. The van der Waals surface area contributed by atoms with Gasteiger partial charge in [0.15, 0.2) is 0 Å². The highest BCUT2D eigenvalue weighted by molar-refractivity contribution is 6.30. The molecule has 0 bridgehead atoms. The summed E-state index contributed by atoms with van der Waals surface area (Å²) < 4.78 is 5.17. The van der Waals surface area contributed by atoms with Crippen LogP contribution in [0, 0.1) is 11.3 Å². The molecule has 0 aliphatic rings. The van der Waals surface area contributed by atoms with Crippen LogP contribution in [0.3, 0.4) is 0 Å². The van der Waals surface area contributed by atoms with E-state index >= 15 is 0 Å². The topological polar surface area (TPSA) is 50.1 Å². The zero-order valence-corrected chi connectivity index (χ0v) is 10.7. The SMILES string of the molecule is N#C[C@H](OC(=O)c1ccccc1)c1ccc(Cl)cc1.